The molecule has 2 rings (SSSR count). The minimum atomic E-state index is 0.556. The number of nitrogens with zero attached hydrogens (tertiary/aromatic N) is 2. The average molecular weight is 292 g/mol. The largest absolute Gasteiger partial charge is 0.327 e. The Labute approximate surface area is 109 Å². The summed E-state index contributed by atoms with van der Waals surface area (Å²) in [5.41, 5.74) is 7.65. The van der Waals surface area contributed by atoms with Gasteiger partial charge in [0.15, 0.2) is 0 Å². The van der Waals surface area contributed by atoms with Crippen LogP contribution in [0, 0.1) is 6.92 Å². The second kappa shape index (κ2) is 5.29. The van der Waals surface area contributed by atoms with Gasteiger partial charge in [0.1, 0.15) is 5.82 Å². The summed E-state index contributed by atoms with van der Waals surface area (Å²) in [7, 11) is 0. The van der Waals surface area contributed by atoms with Gasteiger partial charge in [-0.25, -0.2) is 4.98 Å². The van der Waals surface area contributed by atoms with Crippen molar-refractivity contribution in [3.8, 4) is 5.69 Å². The average Bonchev–Trinajstić information content (AvgIpc) is 2.73. The Morgan fingerprint density at radius 2 is 2.29 bits per heavy atom. The monoisotopic (exact) mass is 291 g/mol. The van der Waals surface area contributed by atoms with E-state index in [0.717, 1.165) is 21.5 Å². The summed E-state index contributed by atoms with van der Waals surface area (Å²) in [6, 6.07) is 6.20. The summed E-state index contributed by atoms with van der Waals surface area (Å²) in [5.74, 6) is 0.968. The maximum atomic E-state index is 5.43. The zero-order valence-corrected chi connectivity index (χ0v) is 11.2. The predicted molar refractivity (Wildman–Crippen MR) is 74.1 cm³/mol. The summed E-state index contributed by atoms with van der Waals surface area (Å²) in [4.78, 5) is 4.22. The molecule has 2 N–H and O–H groups in total. The van der Waals surface area contributed by atoms with Crippen molar-refractivity contribution in [1.82, 2.24) is 9.55 Å². The molecule has 1 heterocycles. The lowest BCUT2D eigenvalue weighted by atomic mass is 10.2. The molecule has 2 aromatic rings. The first-order chi connectivity index (χ1) is 8.22. The van der Waals surface area contributed by atoms with Gasteiger partial charge in [0.25, 0.3) is 0 Å². The fraction of sp³-hybridized carbons (Fsp3) is 0.154. The molecule has 0 aliphatic rings. The fourth-order valence-electron chi connectivity index (χ4n) is 1.66. The van der Waals surface area contributed by atoms with Gasteiger partial charge in [0.2, 0.25) is 0 Å². The van der Waals surface area contributed by atoms with E-state index in [0.29, 0.717) is 6.54 Å². The van der Waals surface area contributed by atoms with E-state index in [1.807, 2.05) is 29.8 Å². The quantitative estimate of drug-likeness (QED) is 0.945. The van der Waals surface area contributed by atoms with Crippen LogP contribution in [-0.4, -0.2) is 16.1 Å². The van der Waals surface area contributed by atoms with Gasteiger partial charge < -0.3 is 10.3 Å². The molecule has 0 fully saturated rings. The van der Waals surface area contributed by atoms with Gasteiger partial charge in [0.05, 0.1) is 5.69 Å². The Morgan fingerprint density at radius 1 is 1.47 bits per heavy atom. The Balaban J connectivity index is 2.39. The lowest BCUT2D eigenvalue weighted by Crippen LogP contribution is -1.97. The lowest BCUT2D eigenvalue weighted by Gasteiger charge is -2.08. The number of halogens is 1. The number of hydrogen-bond acceptors (Lipinski definition) is 2. The van der Waals surface area contributed by atoms with Crippen molar-refractivity contribution >= 4 is 22.0 Å². The Hall–Kier alpha value is -1.39. The molecule has 1 aromatic carbocycles. The van der Waals surface area contributed by atoms with Crippen LogP contribution in [0.5, 0.6) is 0 Å². The Morgan fingerprint density at radius 3 is 2.88 bits per heavy atom. The van der Waals surface area contributed by atoms with Crippen LogP contribution < -0.4 is 5.73 Å². The highest BCUT2D eigenvalue weighted by molar-refractivity contribution is 9.10. The first-order valence-electron chi connectivity index (χ1n) is 5.39. The highest BCUT2D eigenvalue weighted by atomic mass is 79.9. The van der Waals surface area contributed by atoms with E-state index in [9.17, 15) is 0 Å². The number of nitrogens with two attached hydrogens (primary N) is 1. The van der Waals surface area contributed by atoms with Gasteiger partial charge >= 0.3 is 0 Å². The third kappa shape index (κ3) is 2.65. The number of hydrogen-bond donors (Lipinski definition) is 1. The zero-order chi connectivity index (χ0) is 12.3. The van der Waals surface area contributed by atoms with E-state index >= 15 is 0 Å². The summed E-state index contributed by atoms with van der Waals surface area (Å²) in [5, 5.41) is 0. The number of aromatic nitrogens is 2. The van der Waals surface area contributed by atoms with Crippen molar-refractivity contribution < 1.29 is 0 Å². The molecule has 0 saturated heterocycles. The van der Waals surface area contributed by atoms with E-state index in [4.69, 9.17) is 5.73 Å². The second-order valence-corrected chi connectivity index (χ2v) is 4.55. The summed E-state index contributed by atoms with van der Waals surface area (Å²) in [6.45, 7) is 2.54. The SMILES string of the molecule is Cc1nccn1-c1ccc(/C=C/CN)cc1Br. The summed E-state index contributed by atoms with van der Waals surface area (Å²) in [6.07, 6.45) is 7.69. The van der Waals surface area contributed by atoms with E-state index in [2.05, 4.69) is 39.1 Å². The van der Waals surface area contributed by atoms with Crippen LogP contribution in [0.1, 0.15) is 11.4 Å². The minimum Gasteiger partial charge on any atom is -0.327 e. The molecule has 0 aliphatic heterocycles. The summed E-state index contributed by atoms with van der Waals surface area (Å²) >= 11 is 3.58. The van der Waals surface area contributed by atoms with Gasteiger partial charge in [-0.1, -0.05) is 18.2 Å². The van der Waals surface area contributed by atoms with Gasteiger partial charge in [-0.2, -0.15) is 0 Å². The number of aryl methyl sites for hydroxylation is 1. The molecule has 0 saturated carbocycles. The first-order valence-corrected chi connectivity index (χ1v) is 6.18. The maximum absolute atomic E-state index is 5.43. The normalized spacial score (nSPS) is 11.2. The molecule has 4 heteroatoms. The highest BCUT2D eigenvalue weighted by Crippen LogP contribution is 2.24. The topological polar surface area (TPSA) is 43.8 Å². The molecule has 0 radical (unpaired) electrons. The van der Waals surface area contributed by atoms with Crippen molar-refractivity contribution in [2.45, 2.75) is 6.92 Å². The van der Waals surface area contributed by atoms with E-state index in [1.165, 1.54) is 0 Å². The van der Waals surface area contributed by atoms with Crippen molar-refractivity contribution in [3.05, 3.63) is 52.5 Å². The van der Waals surface area contributed by atoms with Crippen molar-refractivity contribution in [3.63, 3.8) is 0 Å². The maximum Gasteiger partial charge on any atom is 0.110 e. The van der Waals surface area contributed by atoms with Gasteiger partial charge in [-0.15, -0.1) is 0 Å². The molecule has 0 aliphatic carbocycles. The molecule has 0 bridgehead atoms. The van der Waals surface area contributed by atoms with Gasteiger partial charge in [-0.05, 0) is 40.5 Å². The first kappa shape index (κ1) is 12.1. The van der Waals surface area contributed by atoms with E-state index in [1.54, 1.807) is 6.20 Å². The molecule has 3 nitrogen and oxygen atoms in total. The third-order valence-corrected chi connectivity index (χ3v) is 3.14. The van der Waals surface area contributed by atoms with Crippen LogP contribution in [0.2, 0.25) is 0 Å². The minimum absolute atomic E-state index is 0.556. The number of imidazole rings is 1. The van der Waals surface area contributed by atoms with Crippen molar-refractivity contribution in [2.75, 3.05) is 6.54 Å². The third-order valence-electron chi connectivity index (χ3n) is 2.50. The van der Waals surface area contributed by atoms with Crippen LogP contribution in [0.25, 0.3) is 11.8 Å². The van der Waals surface area contributed by atoms with Crippen molar-refractivity contribution in [2.24, 2.45) is 5.73 Å². The predicted octanol–water partition coefficient (Wildman–Crippen LogP) is 2.92. The Kier molecular flexibility index (Phi) is 3.76. The van der Waals surface area contributed by atoms with Crippen LogP contribution in [-0.2, 0) is 0 Å². The standard InChI is InChI=1S/C13H14BrN3/c1-10-16-7-8-17(10)13-5-4-11(3-2-6-15)9-12(13)14/h2-5,7-9H,6,15H2,1H3/b3-2+. The second-order valence-electron chi connectivity index (χ2n) is 3.69. The van der Waals surface area contributed by atoms with E-state index < -0.39 is 0 Å². The molecule has 17 heavy (non-hydrogen) atoms. The van der Waals surface area contributed by atoms with Crippen LogP contribution >= 0.6 is 15.9 Å². The smallest absolute Gasteiger partial charge is 0.110 e. The molecular formula is C13H14BrN3. The van der Waals surface area contributed by atoms with E-state index in [-0.39, 0.29) is 0 Å². The zero-order valence-electron chi connectivity index (χ0n) is 9.60. The summed E-state index contributed by atoms with van der Waals surface area (Å²) < 4.78 is 3.08. The molecule has 0 spiro atoms. The van der Waals surface area contributed by atoms with Gasteiger partial charge in [-0.3, -0.25) is 0 Å². The molecular weight excluding hydrogens is 278 g/mol. The molecule has 1 aromatic heterocycles. The molecule has 0 atom stereocenters. The molecule has 88 valence electrons. The van der Waals surface area contributed by atoms with Crippen molar-refractivity contribution in [1.29, 1.82) is 0 Å². The molecule has 0 unspecified atom stereocenters. The lowest BCUT2D eigenvalue weighted by molar-refractivity contribution is 0.969. The van der Waals surface area contributed by atoms with Crippen LogP contribution in [0.4, 0.5) is 0 Å². The Bertz CT molecular complexity index is 543. The van der Waals surface area contributed by atoms with Crippen LogP contribution in [0.15, 0.2) is 41.1 Å². The molecule has 0 amide bonds. The number of rotatable bonds is 3. The van der Waals surface area contributed by atoms with Gasteiger partial charge in [0, 0.05) is 23.4 Å². The van der Waals surface area contributed by atoms with Crippen LogP contribution in [0.3, 0.4) is 0 Å². The fourth-order valence-corrected chi connectivity index (χ4v) is 2.25. The number of benzene rings is 1. The highest BCUT2D eigenvalue weighted by Gasteiger charge is 2.04.